The van der Waals surface area contributed by atoms with Crippen molar-refractivity contribution in [2.45, 2.75) is 13.1 Å². The summed E-state index contributed by atoms with van der Waals surface area (Å²) in [7, 11) is 1.69. The Morgan fingerprint density at radius 2 is 1.73 bits per heavy atom. The zero-order valence-electron chi connectivity index (χ0n) is 17.7. The lowest BCUT2D eigenvalue weighted by atomic mass is 10.00. The number of anilines is 2. The molecule has 0 aromatic heterocycles. The molecular formula is C24H19Cl3N4OS. The monoisotopic (exact) mass is 516 g/mol. The molecule has 168 valence electrons. The molecule has 0 aliphatic carbocycles. The molecule has 0 saturated heterocycles. The van der Waals surface area contributed by atoms with Gasteiger partial charge in [0, 0.05) is 38.9 Å². The normalized spacial score (nSPS) is 15.4. The lowest BCUT2D eigenvalue weighted by Crippen LogP contribution is -2.47. The number of aliphatic imine (C=N–C) groups is 1. The number of nitrogens with one attached hydrogen (secondary N) is 2. The first kappa shape index (κ1) is 23.5. The van der Waals surface area contributed by atoms with E-state index in [9.17, 15) is 4.79 Å². The van der Waals surface area contributed by atoms with Gasteiger partial charge in [-0.3, -0.25) is 4.79 Å². The van der Waals surface area contributed by atoms with Crippen LogP contribution < -0.4 is 15.5 Å². The molecule has 5 nitrogen and oxygen atoms in total. The van der Waals surface area contributed by atoms with Gasteiger partial charge in [-0.2, -0.15) is 0 Å². The number of fused-ring (bicyclic) bond motifs is 1. The second-order valence-electron chi connectivity index (χ2n) is 7.43. The summed E-state index contributed by atoms with van der Waals surface area (Å²) in [6, 6.07) is 18.1. The molecule has 9 heteroatoms. The summed E-state index contributed by atoms with van der Waals surface area (Å²) in [4.78, 5) is 19.6. The molecule has 1 aliphatic rings. The summed E-state index contributed by atoms with van der Waals surface area (Å²) >= 11 is 24.5. The van der Waals surface area contributed by atoms with Crippen LogP contribution in [0.3, 0.4) is 0 Å². The third-order valence-corrected chi connectivity index (χ3v) is 6.50. The number of benzene rings is 3. The maximum atomic E-state index is 13.3. The highest BCUT2D eigenvalue weighted by atomic mass is 35.5. The minimum Gasteiger partial charge on any atom is -0.333 e. The second kappa shape index (κ2) is 9.69. The zero-order chi connectivity index (χ0) is 23.7. The van der Waals surface area contributed by atoms with Gasteiger partial charge >= 0.3 is 0 Å². The first-order chi connectivity index (χ1) is 15.8. The summed E-state index contributed by atoms with van der Waals surface area (Å²) in [6.07, 6.45) is -0.994. The third kappa shape index (κ3) is 4.84. The predicted octanol–water partition coefficient (Wildman–Crippen LogP) is 6.08. The van der Waals surface area contributed by atoms with Gasteiger partial charge in [-0.25, -0.2) is 4.99 Å². The number of likely N-dealkylation sites (N-methyl/N-ethyl adjacent to an activating group) is 1. The Labute approximate surface area is 212 Å². The molecule has 3 aromatic rings. The Morgan fingerprint density at radius 1 is 1.00 bits per heavy atom. The van der Waals surface area contributed by atoms with Crippen molar-refractivity contribution in [3.05, 3.63) is 92.4 Å². The summed E-state index contributed by atoms with van der Waals surface area (Å²) < 4.78 is 0. The summed E-state index contributed by atoms with van der Waals surface area (Å²) in [6.45, 7) is 1.88. The van der Waals surface area contributed by atoms with E-state index in [2.05, 4.69) is 10.6 Å². The van der Waals surface area contributed by atoms with Crippen LogP contribution in [0.2, 0.25) is 15.1 Å². The van der Waals surface area contributed by atoms with Crippen LogP contribution in [-0.4, -0.2) is 29.9 Å². The Balaban J connectivity index is 1.75. The third-order valence-electron chi connectivity index (χ3n) is 5.31. The molecule has 0 radical (unpaired) electrons. The van der Waals surface area contributed by atoms with Crippen LogP contribution in [0.1, 0.15) is 16.7 Å². The maximum Gasteiger partial charge on any atom is 0.272 e. The van der Waals surface area contributed by atoms with Gasteiger partial charge in [-0.15, -0.1) is 0 Å². The number of hydrogen-bond acceptors (Lipinski definition) is 3. The average molecular weight is 518 g/mol. The van der Waals surface area contributed by atoms with Crippen molar-refractivity contribution in [1.82, 2.24) is 5.32 Å². The fourth-order valence-electron chi connectivity index (χ4n) is 3.53. The molecule has 0 saturated carbocycles. The highest BCUT2D eigenvalue weighted by Crippen LogP contribution is 2.32. The van der Waals surface area contributed by atoms with Gasteiger partial charge in [-0.1, -0.05) is 59.1 Å². The Bertz CT molecular complexity index is 1290. The number of benzodiazepines with no additional fused rings is 1. The number of nitrogens with zero attached hydrogens (tertiary/aromatic N) is 2. The number of carbonyl (C=O) groups excluding carboxylic acids is 1. The molecule has 2 N–H and O–H groups in total. The van der Waals surface area contributed by atoms with E-state index in [0.717, 1.165) is 11.3 Å². The van der Waals surface area contributed by atoms with Crippen molar-refractivity contribution in [2.75, 3.05) is 17.3 Å². The second-order valence-corrected chi connectivity index (χ2v) is 9.09. The molecule has 33 heavy (non-hydrogen) atoms. The number of amides is 1. The Morgan fingerprint density at radius 3 is 2.48 bits per heavy atom. The molecule has 1 atom stereocenters. The van der Waals surface area contributed by atoms with Crippen LogP contribution >= 0.6 is 47.0 Å². The van der Waals surface area contributed by atoms with E-state index in [1.165, 1.54) is 4.90 Å². The van der Waals surface area contributed by atoms with Crippen molar-refractivity contribution >= 4 is 75.1 Å². The van der Waals surface area contributed by atoms with E-state index in [1.807, 2.05) is 37.3 Å². The van der Waals surface area contributed by atoms with Gasteiger partial charge in [0.2, 0.25) is 6.17 Å². The van der Waals surface area contributed by atoms with Crippen molar-refractivity contribution in [3.63, 3.8) is 0 Å². The standard InChI is InChI=1S/C24H19Cl3N4OS/c1-13-17(26)8-5-9-19(13)28-24(33)30-22-23(32)31(2)20-11-10-14(25)12-16(20)21(29-22)15-6-3-4-7-18(15)27/h3-12,22H,1-2H3,(H2,28,30,33). The summed E-state index contributed by atoms with van der Waals surface area (Å²) in [5.41, 5.74) is 4.16. The first-order valence-electron chi connectivity index (χ1n) is 9.99. The molecule has 3 aromatic carbocycles. The number of halogens is 3. The van der Waals surface area contributed by atoms with Gasteiger partial charge in [-0.05, 0) is 61.1 Å². The number of hydrogen-bond donors (Lipinski definition) is 2. The molecular weight excluding hydrogens is 499 g/mol. The fourth-order valence-corrected chi connectivity index (χ4v) is 4.33. The van der Waals surface area contributed by atoms with Crippen molar-refractivity contribution < 1.29 is 4.79 Å². The molecule has 0 fully saturated rings. The molecule has 0 spiro atoms. The van der Waals surface area contributed by atoms with Gasteiger partial charge in [0.05, 0.1) is 11.4 Å². The van der Waals surface area contributed by atoms with Crippen LogP contribution in [0.4, 0.5) is 11.4 Å². The molecule has 1 unspecified atom stereocenters. The largest absolute Gasteiger partial charge is 0.333 e. The average Bonchev–Trinajstić information content (AvgIpc) is 2.88. The Kier molecular flexibility index (Phi) is 6.91. The molecule has 1 heterocycles. The van der Waals surface area contributed by atoms with E-state index in [4.69, 9.17) is 52.0 Å². The van der Waals surface area contributed by atoms with Crippen LogP contribution in [0.25, 0.3) is 0 Å². The number of rotatable bonds is 3. The van der Waals surface area contributed by atoms with E-state index in [-0.39, 0.29) is 11.0 Å². The molecule has 1 amide bonds. The predicted molar refractivity (Wildman–Crippen MR) is 141 cm³/mol. The van der Waals surface area contributed by atoms with Crippen molar-refractivity contribution in [1.29, 1.82) is 0 Å². The quantitative estimate of drug-likeness (QED) is 0.413. The van der Waals surface area contributed by atoms with E-state index < -0.39 is 6.17 Å². The molecule has 0 bridgehead atoms. The number of thiocarbonyl (C=S) groups is 1. The van der Waals surface area contributed by atoms with Gasteiger partial charge < -0.3 is 15.5 Å². The van der Waals surface area contributed by atoms with Gasteiger partial charge in [0.1, 0.15) is 0 Å². The van der Waals surface area contributed by atoms with Gasteiger partial charge in [0.25, 0.3) is 5.91 Å². The Hall–Kier alpha value is -2.64. The summed E-state index contributed by atoms with van der Waals surface area (Å²) in [5, 5.41) is 8.00. The SMILES string of the molecule is Cc1c(Cl)cccc1NC(=S)NC1N=C(c2ccccc2Cl)c2cc(Cl)ccc2N(C)C1=O. The topological polar surface area (TPSA) is 56.7 Å². The number of carbonyl (C=O) groups is 1. The van der Waals surface area contributed by atoms with Crippen LogP contribution in [0, 0.1) is 6.92 Å². The van der Waals surface area contributed by atoms with Gasteiger partial charge in [0.15, 0.2) is 5.11 Å². The van der Waals surface area contributed by atoms with Crippen molar-refractivity contribution in [3.8, 4) is 0 Å². The maximum absolute atomic E-state index is 13.3. The lowest BCUT2D eigenvalue weighted by molar-refractivity contribution is -0.119. The highest BCUT2D eigenvalue weighted by molar-refractivity contribution is 7.80. The van der Waals surface area contributed by atoms with Crippen molar-refractivity contribution in [2.24, 2.45) is 4.99 Å². The fraction of sp³-hybridized carbons (Fsp3) is 0.125. The molecule has 1 aliphatic heterocycles. The molecule has 4 rings (SSSR count). The van der Waals surface area contributed by atoms with E-state index in [0.29, 0.717) is 37.6 Å². The lowest BCUT2D eigenvalue weighted by Gasteiger charge is -2.22. The van der Waals surface area contributed by atoms with Crippen LogP contribution in [-0.2, 0) is 4.79 Å². The smallest absolute Gasteiger partial charge is 0.272 e. The van der Waals surface area contributed by atoms with Crippen LogP contribution in [0.15, 0.2) is 65.7 Å². The highest BCUT2D eigenvalue weighted by Gasteiger charge is 2.31. The zero-order valence-corrected chi connectivity index (χ0v) is 20.8. The minimum atomic E-state index is -0.994. The van der Waals surface area contributed by atoms with E-state index in [1.54, 1.807) is 37.4 Å². The summed E-state index contributed by atoms with van der Waals surface area (Å²) in [5.74, 6) is -0.285. The minimum absolute atomic E-state index is 0.235. The van der Waals surface area contributed by atoms with Crippen LogP contribution in [0.5, 0.6) is 0 Å². The first-order valence-corrected chi connectivity index (χ1v) is 11.5. The van der Waals surface area contributed by atoms with E-state index >= 15 is 0 Å².